The van der Waals surface area contributed by atoms with Crippen molar-refractivity contribution in [2.45, 2.75) is 33.1 Å². The van der Waals surface area contributed by atoms with Gasteiger partial charge >= 0.3 is 0 Å². The molecule has 12 heavy (non-hydrogen) atoms. The van der Waals surface area contributed by atoms with Gasteiger partial charge in [0.25, 0.3) is 0 Å². The first-order chi connectivity index (χ1) is 5.85. The van der Waals surface area contributed by atoms with Gasteiger partial charge in [-0.15, -0.1) is 0 Å². The van der Waals surface area contributed by atoms with Crippen molar-refractivity contribution in [3.63, 3.8) is 0 Å². The molecule has 0 aromatic rings. The monoisotopic (exact) mass is 172 g/mol. The van der Waals surface area contributed by atoms with Crippen molar-refractivity contribution in [1.29, 1.82) is 0 Å². The van der Waals surface area contributed by atoms with Crippen LogP contribution >= 0.6 is 0 Å². The molecule has 0 atom stereocenters. The first kappa shape index (κ1) is 11.2. The molecule has 0 saturated carbocycles. The molecule has 0 rings (SSSR count). The molecule has 4 nitrogen and oxygen atoms in total. The number of guanidine groups is 1. The zero-order chi connectivity index (χ0) is 9.23. The molecule has 0 amide bonds. The summed E-state index contributed by atoms with van der Waals surface area (Å²) in [6.45, 7) is 5.88. The van der Waals surface area contributed by atoms with E-state index >= 15 is 0 Å². The van der Waals surface area contributed by atoms with Gasteiger partial charge in [-0.25, -0.2) is 5.84 Å². The van der Waals surface area contributed by atoms with E-state index in [0.717, 1.165) is 19.5 Å². The highest BCUT2D eigenvalue weighted by molar-refractivity contribution is 5.78. The van der Waals surface area contributed by atoms with E-state index in [1.54, 1.807) is 0 Å². The normalized spacial score (nSPS) is 11.4. The van der Waals surface area contributed by atoms with E-state index in [2.05, 4.69) is 22.7 Å². The summed E-state index contributed by atoms with van der Waals surface area (Å²) in [6, 6.07) is 0. The lowest BCUT2D eigenvalue weighted by Gasteiger charge is -2.05. The molecule has 0 aliphatic heterocycles. The fraction of sp³-hybridized carbons (Fsp3) is 0.875. The Bertz CT molecular complexity index is 122. The van der Waals surface area contributed by atoms with Crippen LogP contribution in [0.15, 0.2) is 4.99 Å². The highest BCUT2D eigenvalue weighted by atomic mass is 15.3. The van der Waals surface area contributed by atoms with Crippen LogP contribution in [0.1, 0.15) is 33.1 Å². The zero-order valence-electron chi connectivity index (χ0n) is 8.06. The Labute approximate surface area is 74.6 Å². The summed E-state index contributed by atoms with van der Waals surface area (Å²) >= 11 is 0. The standard InChI is InChI=1S/C8H20N4/c1-3-5-6-7-11-8(12-9)10-4-2/h3-7,9H2,1-2H3,(H2,10,11,12). The lowest BCUT2D eigenvalue weighted by molar-refractivity contribution is 0.720. The molecule has 4 heteroatoms. The topological polar surface area (TPSA) is 62.4 Å². The van der Waals surface area contributed by atoms with Gasteiger partial charge in [-0.05, 0) is 13.3 Å². The van der Waals surface area contributed by atoms with E-state index in [1.165, 1.54) is 12.8 Å². The Morgan fingerprint density at radius 1 is 1.33 bits per heavy atom. The molecule has 0 radical (unpaired) electrons. The van der Waals surface area contributed by atoms with E-state index in [1.807, 2.05) is 6.92 Å². The Balaban J connectivity index is 3.48. The molecule has 0 aromatic carbocycles. The molecule has 0 aromatic heterocycles. The van der Waals surface area contributed by atoms with Gasteiger partial charge in [-0.3, -0.25) is 10.4 Å². The lowest BCUT2D eigenvalue weighted by Crippen LogP contribution is -2.41. The van der Waals surface area contributed by atoms with Crippen molar-refractivity contribution in [2.24, 2.45) is 10.8 Å². The molecule has 0 unspecified atom stereocenters. The van der Waals surface area contributed by atoms with E-state index in [-0.39, 0.29) is 0 Å². The maximum Gasteiger partial charge on any atom is 0.205 e. The summed E-state index contributed by atoms with van der Waals surface area (Å²) in [6.07, 6.45) is 3.59. The van der Waals surface area contributed by atoms with Crippen LogP contribution < -0.4 is 16.6 Å². The van der Waals surface area contributed by atoms with Crippen molar-refractivity contribution in [3.05, 3.63) is 0 Å². The summed E-state index contributed by atoms with van der Waals surface area (Å²) in [5, 5.41) is 3.02. The van der Waals surface area contributed by atoms with Crippen LogP contribution in [0.2, 0.25) is 0 Å². The number of rotatable bonds is 5. The fourth-order valence-electron chi connectivity index (χ4n) is 0.873. The SMILES string of the molecule is CCCCCN=C(NN)NCC. The molecule has 0 saturated heterocycles. The average molecular weight is 172 g/mol. The summed E-state index contributed by atoms with van der Waals surface area (Å²) < 4.78 is 0. The van der Waals surface area contributed by atoms with E-state index in [4.69, 9.17) is 5.84 Å². The molecule has 0 fully saturated rings. The first-order valence-corrected chi connectivity index (χ1v) is 4.60. The highest BCUT2D eigenvalue weighted by Crippen LogP contribution is 1.92. The van der Waals surface area contributed by atoms with E-state index < -0.39 is 0 Å². The van der Waals surface area contributed by atoms with Crippen LogP contribution in [-0.2, 0) is 0 Å². The molecule has 0 heterocycles. The molecule has 0 aliphatic rings. The first-order valence-electron chi connectivity index (χ1n) is 4.60. The van der Waals surface area contributed by atoms with Crippen molar-refractivity contribution >= 4 is 5.96 Å². The van der Waals surface area contributed by atoms with Crippen LogP contribution in [0.25, 0.3) is 0 Å². The summed E-state index contributed by atoms with van der Waals surface area (Å²) in [5.74, 6) is 5.92. The molecular weight excluding hydrogens is 152 g/mol. The van der Waals surface area contributed by atoms with Crippen LogP contribution in [0.4, 0.5) is 0 Å². The minimum atomic E-state index is 0.689. The Morgan fingerprint density at radius 2 is 2.08 bits per heavy atom. The van der Waals surface area contributed by atoms with Gasteiger partial charge in [0.05, 0.1) is 0 Å². The van der Waals surface area contributed by atoms with E-state index in [9.17, 15) is 0 Å². The number of nitrogens with two attached hydrogens (primary N) is 1. The number of aliphatic imine (C=N–C) groups is 1. The minimum Gasteiger partial charge on any atom is -0.356 e. The molecule has 0 aliphatic carbocycles. The number of hydrogen-bond donors (Lipinski definition) is 3. The fourth-order valence-corrected chi connectivity index (χ4v) is 0.873. The largest absolute Gasteiger partial charge is 0.356 e. The molecule has 4 N–H and O–H groups in total. The third-order valence-electron chi connectivity index (χ3n) is 1.51. The van der Waals surface area contributed by atoms with Gasteiger partial charge in [0, 0.05) is 13.1 Å². The van der Waals surface area contributed by atoms with Gasteiger partial charge in [0.1, 0.15) is 0 Å². The van der Waals surface area contributed by atoms with Gasteiger partial charge in [-0.2, -0.15) is 0 Å². The van der Waals surface area contributed by atoms with Crippen LogP contribution in [0.5, 0.6) is 0 Å². The summed E-state index contributed by atoms with van der Waals surface area (Å²) in [5.41, 5.74) is 2.52. The molecule has 0 bridgehead atoms. The second-order valence-corrected chi connectivity index (χ2v) is 2.61. The number of nitrogens with zero attached hydrogens (tertiary/aromatic N) is 1. The van der Waals surface area contributed by atoms with Gasteiger partial charge in [0.15, 0.2) is 0 Å². The highest BCUT2D eigenvalue weighted by Gasteiger charge is 1.90. The third kappa shape index (κ3) is 5.97. The van der Waals surface area contributed by atoms with Gasteiger partial charge in [-0.1, -0.05) is 19.8 Å². The third-order valence-corrected chi connectivity index (χ3v) is 1.51. The number of hydrazine groups is 1. The van der Waals surface area contributed by atoms with Crippen LogP contribution in [0.3, 0.4) is 0 Å². The second kappa shape index (κ2) is 8.33. The maximum absolute atomic E-state index is 5.23. The minimum absolute atomic E-state index is 0.689. The predicted molar refractivity (Wildman–Crippen MR) is 52.8 cm³/mol. The molecule has 0 spiro atoms. The number of nitrogens with one attached hydrogen (secondary N) is 2. The van der Waals surface area contributed by atoms with Crippen LogP contribution in [-0.4, -0.2) is 19.0 Å². The predicted octanol–water partition coefficient (Wildman–Crippen LogP) is 0.605. The molecular formula is C8H20N4. The quantitative estimate of drug-likeness (QED) is 0.187. The summed E-state index contributed by atoms with van der Waals surface area (Å²) in [7, 11) is 0. The van der Waals surface area contributed by atoms with Crippen molar-refractivity contribution in [3.8, 4) is 0 Å². The zero-order valence-corrected chi connectivity index (χ0v) is 8.06. The molecule has 72 valence electrons. The Hall–Kier alpha value is -0.770. The van der Waals surface area contributed by atoms with Crippen molar-refractivity contribution in [2.75, 3.05) is 13.1 Å². The lowest BCUT2D eigenvalue weighted by atomic mass is 10.2. The number of hydrogen-bond acceptors (Lipinski definition) is 2. The van der Waals surface area contributed by atoms with Gasteiger partial charge in [0.2, 0.25) is 5.96 Å². The Kier molecular flexibility index (Phi) is 7.79. The average Bonchev–Trinajstić information content (AvgIpc) is 2.10. The maximum atomic E-state index is 5.23. The second-order valence-electron chi connectivity index (χ2n) is 2.61. The van der Waals surface area contributed by atoms with Crippen molar-refractivity contribution in [1.82, 2.24) is 10.7 Å². The van der Waals surface area contributed by atoms with Crippen LogP contribution in [0, 0.1) is 0 Å². The summed E-state index contributed by atoms with van der Waals surface area (Å²) in [4.78, 5) is 4.24. The Morgan fingerprint density at radius 3 is 2.58 bits per heavy atom. The van der Waals surface area contributed by atoms with Gasteiger partial charge < -0.3 is 5.32 Å². The smallest absolute Gasteiger partial charge is 0.205 e. The van der Waals surface area contributed by atoms with Crippen molar-refractivity contribution < 1.29 is 0 Å². The number of unbranched alkanes of at least 4 members (excludes halogenated alkanes) is 2. The van der Waals surface area contributed by atoms with E-state index in [0.29, 0.717) is 5.96 Å².